The van der Waals surface area contributed by atoms with Crippen LogP contribution >= 0.6 is 35.4 Å². The van der Waals surface area contributed by atoms with E-state index in [1.807, 2.05) is 12.1 Å². The molecule has 48 heavy (non-hydrogen) atoms. The molecule has 3 aromatic rings. The van der Waals surface area contributed by atoms with Crippen molar-refractivity contribution in [3.05, 3.63) is 87.9 Å². The zero-order valence-electron chi connectivity index (χ0n) is 26.8. The van der Waals surface area contributed by atoms with E-state index >= 15 is 0 Å². The third-order valence-corrected chi connectivity index (χ3v) is 8.08. The summed E-state index contributed by atoms with van der Waals surface area (Å²) in [6.07, 6.45) is -1.41. The molecule has 1 aliphatic rings. The Bertz CT molecular complexity index is 1810. The number of hydrogen-bond donors (Lipinski definition) is 2. The number of amides is 3. The zero-order valence-corrected chi connectivity index (χ0v) is 29.1. The molecule has 14 heteroatoms. The normalized spacial score (nSPS) is 14.6. The summed E-state index contributed by atoms with van der Waals surface area (Å²) in [6, 6.07) is 18.8. The lowest BCUT2D eigenvalue weighted by molar-refractivity contribution is -0.148. The van der Waals surface area contributed by atoms with E-state index in [0.29, 0.717) is 11.4 Å². The standard InChI is InChI=1S/C34H33Cl2N5O6S/c1-33(2,3)47-31(45)39-27(29(43)46-19-20-9-7-6-8-10-20)17-28(42)38-26-16-23(13-14-24(26)35)41-32(48)40(30(44)34(41,4)5)22-12-11-21(18-37)25(36)15-22/h6-16,27H,17,19H2,1-5H3,(H,38,42)(H,39,45)/t27-/m0/s1. The first-order valence-corrected chi connectivity index (χ1v) is 15.9. The topological polar surface area (TPSA) is 141 Å². The van der Waals surface area contributed by atoms with Crippen LogP contribution in [0.3, 0.4) is 0 Å². The van der Waals surface area contributed by atoms with E-state index in [0.717, 1.165) is 5.56 Å². The molecule has 3 aromatic carbocycles. The van der Waals surface area contributed by atoms with Gasteiger partial charge in [-0.3, -0.25) is 14.5 Å². The molecule has 0 spiro atoms. The number of ether oxygens (including phenoxy) is 2. The number of nitrogens with one attached hydrogen (secondary N) is 2. The molecular formula is C34H33Cl2N5O6S. The Morgan fingerprint density at radius 3 is 2.29 bits per heavy atom. The van der Waals surface area contributed by atoms with Crippen molar-refractivity contribution in [1.82, 2.24) is 5.32 Å². The molecule has 0 radical (unpaired) electrons. The molecule has 1 aliphatic heterocycles. The van der Waals surface area contributed by atoms with E-state index in [2.05, 4.69) is 10.6 Å². The van der Waals surface area contributed by atoms with Crippen LogP contribution in [-0.2, 0) is 30.5 Å². The van der Waals surface area contributed by atoms with Gasteiger partial charge in [-0.2, -0.15) is 5.26 Å². The van der Waals surface area contributed by atoms with Crippen LogP contribution in [0.25, 0.3) is 0 Å². The Kier molecular flexibility index (Phi) is 11.0. The average molecular weight is 711 g/mol. The SMILES string of the molecule is CC(C)(C)OC(=O)N[C@@H](CC(=O)Nc1cc(N2C(=S)N(c3ccc(C#N)c(Cl)c3)C(=O)C2(C)C)ccc1Cl)C(=O)OCc1ccccc1. The van der Waals surface area contributed by atoms with Crippen molar-refractivity contribution in [2.75, 3.05) is 15.1 Å². The van der Waals surface area contributed by atoms with Gasteiger partial charge in [0.15, 0.2) is 5.11 Å². The summed E-state index contributed by atoms with van der Waals surface area (Å²) in [5, 5.41) is 14.8. The number of thiocarbonyl (C=S) groups is 1. The Morgan fingerprint density at radius 2 is 1.67 bits per heavy atom. The molecule has 0 saturated carbocycles. The van der Waals surface area contributed by atoms with Crippen LogP contribution in [0.1, 0.15) is 52.2 Å². The third-order valence-electron chi connectivity index (χ3n) is 7.07. The van der Waals surface area contributed by atoms with Crippen LogP contribution in [0.15, 0.2) is 66.7 Å². The van der Waals surface area contributed by atoms with Gasteiger partial charge in [-0.1, -0.05) is 53.5 Å². The highest BCUT2D eigenvalue weighted by Crippen LogP contribution is 2.39. The molecule has 250 valence electrons. The number of carbonyl (C=O) groups is 4. The second-order valence-electron chi connectivity index (χ2n) is 12.3. The molecule has 1 saturated heterocycles. The summed E-state index contributed by atoms with van der Waals surface area (Å²) in [6.45, 7) is 8.29. The van der Waals surface area contributed by atoms with Crippen LogP contribution in [0.5, 0.6) is 0 Å². The fourth-order valence-electron chi connectivity index (χ4n) is 4.80. The third kappa shape index (κ3) is 8.41. The summed E-state index contributed by atoms with van der Waals surface area (Å²) in [7, 11) is 0. The van der Waals surface area contributed by atoms with E-state index < -0.39 is 41.6 Å². The minimum absolute atomic E-state index is 0.0718. The molecule has 1 heterocycles. The second kappa shape index (κ2) is 14.6. The number of benzene rings is 3. The first-order valence-electron chi connectivity index (χ1n) is 14.7. The van der Waals surface area contributed by atoms with Gasteiger partial charge in [0.1, 0.15) is 29.9 Å². The Balaban J connectivity index is 1.55. The quantitative estimate of drug-likeness (QED) is 0.182. The van der Waals surface area contributed by atoms with Crippen LogP contribution in [0, 0.1) is 11.3 Å². The van der Waals surface area contributed by atoms with E-state index in [1.165, 1.54) is 23.1 Å². The lowest BCUT2D eigenvalue weighted by Gasteiger charge is -2.30. The van der Waals surface area contributed by atoms with Crippen molar-refractivity contribution in [2.45, 2.75) is 64.8 Å². The number of hydrogen-bond acceptors (Lipinski definition) is 8. The van der Waals surface area contributed by atoms with Gasteiger partial charge in [0.05, 0.1) is 33.4 Å². The molecule has 3 amide bonds. The highest BCUT2D eigenvalue weighted by atomic mass is 35.5. The maximum atomic E-state index is 13.6. The molecule has 0 aromatic heterocycles. The van der Waals surface area contributed by atoms with Crippen LogP contribution < -0.4 is 20.4 Å². The highest BCUT2D eigenvalue weighted by molar-refractivity contribution is 7.81. The number of rotatable bonds is 9. The number of nitrogens with zero attached hydrogens (tertiary/aromatic N) is 3. The van der Waals surface area contributed by atoms with Gasteiger partial charge in [0.2, 0.25) is 5.91 Å². The summed E-state index contributed by atoms with van der Waals surface area (Å²) in [5.74, 6) is -1.86. The lowest BCUT2D eigenvalue weighted by Crippen LogP contribution is -2.46. The number of esters is 1. The molecule has 4 rings (SSSR count). The fourth-order valence-corrected chi connectivity index (χ4v) is 5.70. The molecule has 1 atom stereocenters. The Hall–Kier alpha value is -4.70. The Morgan fingerprint density at radius 1 is 1.00 bits per heavy atom. The molecular weight excluding hydrogens is 677 g/mol. The highest BCUT2D eigenvalue weighted by Gasteiger charge is 2.50. The second-order valence-corrected chi connectivity index (χ2v) is 13.5. The molecule has 0 unspecified atom stereocenters. The maximum Gasteiger partial charge on any atom is 0.408 e. The van der Waals surface area contributed by atoms with Crippen molar-refractivity contribution in [1.29, 1.82) is 5.26 Å². The number of anilines is 3. The molecule has 11 nitrogen and oxygen atoms in total. The van der Waals surface area contributed by atoms with Gasteiger partial charge in [-0.25, -0.2) is 9.59 Å². The minimum Gasteiger partial charge on any atom is -0.459 e. The van der Waals surface area contributed by atoms with Crippen molar-refractivity contribution in [3.8, 4) is 6.07 Å². The molecule has 1 fully saturated rings. The Labute approximate surface area is 293 Å². The first kappa shape index (κ1) is 36.1. The van der Waals surface area contributed by atoms with Crippen LogP contribution in [0.2, 0.25) is 10.0 Å². The summed E-state index contributed by atoms with van der Waals surface area (Å²) < 4.78 is 10.7. The van der Waals surface area contributed by atoms with Gasteiger partial charge in [0.25, 0.3) is 5.91 Å². The van der Waals surface area contributed by atoms with Gasteiger partial charge in [-0.15, -0.1) is 0 Å². The minimum atomic E-state index is -1.39. The van der Waals surface area contributed by atoms with E-state index in [1.54, 1.807) is 82.0 Å². The maximum absolute atomic E-state index is 13.6. The first-order chi connectivity index (χ1) is 22.5. The van der Waals surface area contributed by atoms with Crippen LogP contribution in [-0.4, -0.2) is 46.2 Å². The molecule has 0 aliphatic carbocycles. The molecule has 2 N–H and O–H groups in total. The van der Waals surface area contributed by atoms with E-state index in [9.17, 15) is 24.4 Å². The zero-order chi connectivity index (χ0) is 35.4. The predicted octanol–water partition coefficient (Wildman–Crippen LogP) is 6.75. The van der Waals surface area contributed by atoms with E-state index in [4.69, 9.17) is 44.9 Å². The average Bonchev–Trinajstić information content (AvgIpc) is 3.18. The number of alkyl carbamates (subject to hydrolysis) is 1. The largest absolute Gasteiger partial charge is 0.459 e. The van der Waals surface area contributed by atoms with Gasteiger partial charge in [0, 0.05) is 5.69 Å². The smallest absolute Gasteiger partial charge is 0.408 e. The monoisotopic (exact) mass is 709 g/mol. The van der Waals surface area contributed by atoms with Crippen LogP contribution in [0.4, 0.5) is 21.9 Å². The summed E-state index contributed by atoms with van der Waals surface area (Å²) in [5.41, 5.74) is -0.0690. The molecule has 0 bridgehead atoms. The number of nitriles is 1. The number of halogens is 2. The van der Waals surface area contributed by atoms with Crippen molar-refractivity contribution in [3.63, 3.8) is 0 Å². The predicted molar refractivity (Wildman–Crippen MR) is 187 cm³/mol. The fraction of sp³-hybridized carbons (Fsp3) is 0.294. The van der Waals surface area contributed by atoms with Crippen molar-refractivity contribution >= 4 is 81.5 Å². The summed E-state index contributed by atoms with van der Waals surface area (Å²) in [4.78, 5) is 55.5. The van der Waals surface area contributed by atoms with Crippen molar-refractivity contribution in [2.24, 2.45) is 0 Å². The van der Waals surface area contributed by atoms with Crippen molar-refractivity contribution < 1.29 is 28.7 Å². The lowest BCUT2D eigenvalue weighted by atomic mass is 10.0. The van der Waals surface area contributed by atoms with Gasteiger partial charge in [-0.05, 0) is 88.8 Å². The number of carbonyl (C=O) groups excluding carboxylic acids is 4. The summed E-state index contributed by atoms with van der Waals surface area (Å²) >= 11 is 18.4. The van der Waals surface area contributed by atoms with Gasteiger partial charge >= 0.3 is 12.1 Å². The van der Waals surface area contributed by atoms with E-state index in [-0.39, 0.29) is 38.9 Å². The van der Waals surface area contributed by atoms with Gasteiger partial charge < -0.3 is 25.0 Å².